The molecule has 162 valence electrons. The number of rotatable bonds is 6. The first-order chi connectivity index (χ1) is 15.6. The van der Waals surface area contributed by atoms with Gasteiger partial charge in [0.2, 0.25) is 11.8 Å². The largest absolute Gasteiger partial charge is 0.487 e. The molecule has 1 atom stereocenters. The third kappa shape index (κ3) is 3.82. The number of pyridine rings is 1. The first-order valence-corrected chi connectivity index (χ1v) is 10.3. The van der Waals surface area contributed by atoms with Crippen LogP contribution in [0.4, 0.5) is 0 Å². The Kier molecular flexibility index (Phi) is 5.10. The molecule has 5 rings (SSSR count). The van der Waals surface area contributed by atoms with E-state index in [1.165, 1.54) is 4.90 Å². The minimum absolute atomic E-state index is 0.194. The van der Waals surface area contributed by atoms with Crippen LogP contribution < -0.4 is 10.1 Å². The predicted octanol–water partition coefficient (Wildman–Crippen LogP) is 1.06. The molecule has 0 spiro atoms. The molecule has 3 aromatic rings. The van der Waals surface area contributed by atoms with E-state index in [2.05, 4.69) is 20.6 Å². The van der Waals surface area contributed by atoms with Crippen molar-refractivity contribution in [3.8, 4) is 5.75 Å². The molecule has 1 N–H and O–H groups in total. The van der Waals surface area contributed by atoms with E-state index in [9.17, 15) is 14.4 Å². The van der Waals surface area contributed by atoms with Crippen LogP contribution in [0, 0.1) is 0 Å². The number of carbonyl (C=O) groups excluding carboxylic acids is 3. The Morgan fingerprint density at radius 3 is 2.78 bits per heavy atom. The van der Waals surface area contributed by atoms with Crippen LogP contribution in [0.1, 0.15) is 40.0 Å². The van der Waals surface area contributed by atoms with Gasteiger partial charge in [-0.25, -0.2) is 4.68 Å². The summed E-state index contributed by atoms with van der Waals surface area (Å²) in [5, 5.41) is 10.6. The molecule has 0 radical (unpaired) electrons. The second-order valence-electron chi connectivity index (χ2n) is 7.73. The number of benzene rings is 1. The molecule has 0 saturated carbocycles. The third-order valence-corrected chi connectivity index (χ3v) is 5.59. The van der Waals surface area contributed by atoms with Crippen molar-refractivity contribution in [1.29, 1.82) is 0 Å². The fourth-order valence-corrected chi connectivity index (χ4v) is 4.00. The van der Waals surface area contributed by atoms with Crippen molar-refractivity contribution in [2.24, 2.45) is 0 Å². The van der Waals surface area contributed by atoms with E-state index in [0.29, 0.717) is 30.0 Å². The van der Waals surface area contributed by atoms with Crippen molar-refractivity contribution >= 4 is 17.7 Å². The number of fused-ring (bicyclic) bond motifs is 1. The lowest BCUT2D eigenvalue weighted by atomic mass is 10.0. The van der Waals surface area contributed by atoms with Crippen molar-refractivity contribution < 1.29 is 19.1 Å². The van der Waals surface area contributed by atoms with Crippen LogP contribution in [0.2, 0.25) is 0 Å². The molecular formula is C22H20N6O4. The average molecular weight is 432 g/mol. The normalized spacial score (nSPS) is 17.9. The summed E-state index contributed by atoms with van der Waals surface area (Å²) in [5.74, 6) is -0.412. The number of carbonyl (C=O) groups is 3. The predicted molar refractivity (Wildman–Crippen MR) is 110 cm³/mol. The van der Waals surface area contributed by atoms with Gasteiger partial charge in [0.1, 0.15) is 24.1 Å². The molecule has 2 aliphatic heterocycles. The lowest BCUT2D eigenvalue weighted by molar-refractivity contribution is -0.136. The molecule has 4 heterocycles. The quantitative estimate of drug-likeness (QED) is 0.579. The molecule has 3 amide bonds. The second kappa shape index (κ2) is 8.22. The van der Waals surface area contributed by atoms with E-state index < -0.39 is 11.9 Å². The number of aromatic nitrogens is 4. The molecule has 1 saturated heterocycles. The van der Waals surface area contributed by atoms with Crippen LogP contribution in [0.25, 0.3) is 0 Å². The highest BCUT2D eigenvalue weighted by Crippen LogP contribution is 2.33. The van der Waals surface area contributed by atoms with E-state index in [-0.39, 0.29) is 31.4 Å². The summed E-state index contributed by atoms with van der Waals surface area (Å²) in [7, 11) is 0. The number of ether oxygens (including phenoxy) is 1. The number of piperidine rings is 1. The number of nitrogens with one attached hydrogen (secondary N) is 1. The Labute approximate surface area is 183 Å². The van der Waals surface area contributed by atoms with Gasteiger partial charge in [-0.05, 0) is 36.2 Å². The van der Waals surface area contributed by atoms with Gasteiger partial charge in [0, 0.05) is 29.9 Å². The Bertz CT molecular complexity index is 1190. The maximum atomic E-state index is 12.9. The molecule has 2 aliphatic rings. The highest BCUT2D eigenvalue weighted by molar-refractivity contribution is 6.05. The number of imide groups is 1. The summed E-state index contributed by atoms with van der Waals surface area (Å²) in [5.41, 5.74) is 2.95. The Morgan fingerprint density at radius 2 is 1.97 bits per heavy atom. The Morgan fingerprint density at radius 1 is 1.12 bits per heavy atom. The van der Waals surface area contributed by atoms with E-state index in [1.807, 2.05) is 18.3 Å². The minimum atomic E-state index is -0.659. The zero-order valence-corrected chi connectivity index (χ0v) is 17.1. The van der Waals surface area contributed by atoms with Gasteiger partial charge in [0.25, 0.3) is 5.91 Å². The van der Waals surface area contributed by atoms with Crippen LogP contribution in [0.3, 0.4) is 0 Å². The van der Waals surface area contributed by atoms with Crippen molar-refractivity contribution in [2.45, 2.75) is 38.6 Å². The SMILES string of the molecule is O=C1CCC(N2Cc3c(OCc4cn(Cc5ccncc5)nn4)cccc3C2=O)C(=O)N1. The maximum absolute atomic E-state index is 12.9. The van der Waals surface area contributed by atoms with Gasteiger partial charge in [-0.1, -0.05) is 11.3 Å². The minimum Gasteiger partial charge on any atom is -0.487 e. The molecule has 0 bridgehead atoms. The molecule has 10 heteroatoms. The van der Waals surface area contributed by atoms with Gasteiger partial charge in [-0.2, -0.15) is 0 Å². The van der Waals surface area contributed by atoms with E-state index in [4.69, 9.17) is 4.74 Å². The van der Waals surface area contributed by atoms with Crippen LogP contribution in [0.5, 0.6) is 5.75 Å². The smallest absolute Gasteiger partial charge is 0.255 e. The van der Waals surface area contributed by atoms with Crippen molar-refractivity contribution in [3.05, 3.63) is 71.3 Å². The van der Waals surface area contributed by atoms with Crippen LogP contribution in [0.15, 0.2) is 48.9 Å². The van der Waals surface area contributed by atoms with Crippen molar-refractivity contribution in [1.82, 2.24) is 30.2 Å². The number of hydrogen-bond donors (Lipinski definition) is 1. The van der Waals surface area contributed by atoms with Crippen molar-refractivity contribution in [2.75, 3.05) is 0 Å². The van der Waals surface area contributed by atoms with Gasteiger partial charge < -0.3 is 9.64 Å². The first kappa shape index (κ1) is 19.9. The van der Waals surface area contributed by atoms with Gasteiger partial charge in [0.15, 0.2) is 0 Å². The van der Waals surface area contributed by atoms with Crippen LogP contribution >= 0.6 is 0 Å². The van der Waals surface area contributed by atoms with Crippen molar-refractivity contribution in [3.63, 3.8) is 0 Å². The van der Waals surface area contributed by atoms with E-state index >= 15 is 0 Å². The second-order valence-corrected chi connectivity index (χ2v) is 7.73. The summed E-state index contributed by atoms with van der Waals surface area (Å²) in [6.45, 7) is 1.02. The molecule has 1 fully saturated rings. The molecule has 10 nitrogen and oxygen atoms in total. The summed E-state index contributed by atoms with van der Waals surface area (Å²) in [6.07, 6.45) is 5.80. The standard InChI is InChI=1S/C22H20N6O4/c29-20-5-4-18(21(30)24-20)28-12-17-16(22(28)31)2-1-3-19(17)32-13-15-11-27(26-25-15)10-14-6-8-23-9-7-14/h1-3,6-9,11,18H,4-5,10,12-13H2,(H,24,29,30). The van der Waals surface area contributed by atoms with Gasteiger partial charge in [-0.3, -0.25) is 24.7 Å². The van der Waals surface area contributed by atoms with Crippen LogP contribution in [-0.2, 0) is 29.3 Å². The molecule has 32 heavy (non-hydrogen) atoms. The Hall–Kier alpha value is -4.08. The van der Waals surface area contributed by atoms with Crippen LogP contribution in [-0.4, -0.2) is 48.6 Å². The lowest BCUT2D eigenvalue weighted by Gasteiger charge is -2.29. The fourth-order valence-electron chi connectivity index (χ4n) is 4.00. The summed E-state index contributed by atoms with van der Waals surface area (Å²) < 4.78 is 7.69. The third-order valence-electron chi connectivity index (χ3n) is 5.59. The van der Waals surface area contributed by atoms with Gasteiger partial charge in [0.05, 0.1) is 19.3 Å². The summed E-state index contributed by atoms with van der Waals surface area (Å²) in [6, 6.07) is 8.43. The molecule has 1 aromatic carbocycles. The van der Waals surface area contributed by atoms with Gasteiger partial charge in [-0.15, -0.1) is 5.10 Å². The monoisotopic (exact) mass is 432 g/mol. The van der Waals surface area contributed by atoms with E-state index in [0.717, 1.165) is 11.1 Å². The molecular weight excluding hydrogens is 412 g/mol. The summed E-state index contributed by atoms with van der Waals surface area (Å²) in [4.78, 5) is 42.1. The molecule has 2 aromatic heterocycles. The van der Waals surface area contributed by atoms with E-state index in [1.54, 1.807) is 35.3 Å². The first-order valence-electron chi connectivity index (χ1n) is 10.3. The number of hydrogen-bond acceptors (Lipinski definition) is 7. The number of nitrogens with zero attached hydrogens (tertiary/aromatic N) is 5. The topological polar surface area (TPSA) is 119 Å². The average Bonchev–Trinajstić information content (AvgIpc) is 3.38. The number of amides is 3. The zero-order valence-electron chi connectivity index (χ0n) is 17.1. The maximum Gasteiger partial charge on any atom is 0.255 e. The summed E-state index contributed by atoms with van der Waals surface area (Å²) >= 11 is 0. The molecule has 0 aliphatic carbocycles. The highest BCUT2D eigenvalue weighted by atomic mass is 16.5. The fraction of sp³-hybridized carbons (Fsp3) is 0.273. The lowest BCUT2D eigenvalue weighted by Crippen LogP contribution is -2.52. The van der Waals surface area contributed by atoms with Gasteiger partial charge >= 0.3 is 0 Å². The zero-order chi connectivity index (χ0) is 22.1. The molecule has 1 unspecified atom stereocenters. The highest BCUT2D eigenvalue weighted by Gasteiger charge is 2.40. The Balaban J connectivity index is 1.27.